The Morgan fingerprint density at radius 3 is 3.05 bits per heavy atom. The van der Waals surface area contributed by atoms with Gasteiger partial charge < -0.3 is 15.0 Å². The van der Waals surface area contributed by atoms with Gasteiger partial charge in [-0.05, 0) is 37.1 Å². The molecule has 4 heteroatoms. The predicted molar refractivity (Wildman–Crippen MR) is 76.2 cm³/mol. The molecule has 1 atom stereocenters. The Labute approximate surface area is 114 Å². The summed E-state index contributed by atoms with van der Waals surface area (Å²) < 4.78 is 5.13. The van der Waals surface area contributed by atoms with Crippen LogP contribution in [0.1, 0.15) is 25.3 Å². The highest BCUT2D eigenvalue weighted by Crippen LogP contribution is 2.23. The Hall–Kier alpha value is -1.39. The minimum absolute atomic E-state index is 0.0222. The first-order valence-electron chi connectivity index (χ1n) is 6.89. The molecule has 1 aliphatic heterocycles. The first-order valence-corrected chi connectivity index (χ1v) is 6.89. The standard InChI is InChI=1S/C15H22N2O2/c1-3-8-16-14-7-9-17(15(14)18)13-6-4-5-12(10-13)11-19-2/h4-6,10,14,16H,3,7-9,11H2,1-2H3. The predicted octanol–water partition coefficient (Wildman–Crippen LogP) is 1.94. The fourth-order valence-electron chi connectivity index (χ4n) is 2.43. The Kier molecular flexibility index (Phi) is 4.93. The molecule has 2 rings (SSSR count). The lowest BCUT2D eigenvalue weighted by Gasteiger charge is -2.18. The van der Waals surface area contributed by atoms with E-state index in [1.54, 1.807) is 7.11 Å². The number of hydrogen-bond acceptors (Lipinski definition) is 3. The molecular formula is C15H22N2O2. The normalized spacial score (nSPS) is 19.2. The van der Waals surface area contributed by atoms with Crippen molar-refractivity contribution in [2.45, 2.75) is 32.4 Å². The van der Waals surface area contributed by atoms with Crippen molar-refractivity contribution in [3.63, 3.8) is 0 Å². The number of rotatable bonds is 6. The summed E-state index contributed by atoms with van der Waals surface area (Å²) in [5, 5.41) is 3.30. The van der Waals surface area contributed by atoms with E-state index in [0.717, 1.165) is 37.2 Å². The maximum Gasteiger partial charge on any atom is 0.244 e. The summed E-state index contributed by atoms with van der Waals surface area (Å²) in [7, 11) is 1.68. The molecule has 1 aliphatic rings. The highest BCUT2D eigenvalue weighted by Gasteiger charge is 2.31. The molecule has 0 saturated carbocycles. The number of hydrogen-bond donors (Lipinski definition) is 1. The average Bonchev–Trinajstić information content (AvgIpc) is 2.78. The fraction of sp³-hybridized carbons (Fsp3) is 0.533. The van der Waals surface area contributed by atoms with Crippen molar-refractivity contribution in [2.75, 3.05) is 25.1 Å². The van der Waals surface area contributed by atoms with Gasteiger partial charge in [0.1, 0.15) is 0 Å². The molecule has 1 N–H and O–H groups in total. The van der Waals surface area contributed by atoms with E-state index in [9.17, 15) is 4.79 Å². The fourth-order valence-corrected chi connectivity index (χ4v) is 2.43. The largest absolute Gasteiger partial charge is 0.380 e. The molecule has 1 saturated heterocycles. The van der Waals surface area contributed by atoms with Gasteiger partial charge in [-0.15, -0.1) is 0 Å². The molecule has 1 heterocycles. The van der Waals surface area contributed by atoms with Crippen LogP contribution in [0.5, 0.6) is 0 Å². The number of amides is 1. The van der Waals surface area contributed by atoms with E-state index in [1.807, 2.05) is 29.2 Å². The Morgan fingerprint density at radius 1 is 1.47 bits per heavy atom. The van der Waals surface area contributed by atoms with Crippen LogP contribution in [-0.4, -0.2) is 32.1 Å². The minimum atomic E-state index is -0.0222. The number of carbonyl (C=O) groups excluding carboxylic acids is 1. The molecule has 1 unspecified atom stereocenters. The number of nitrogens with zero attached hydrogens (tertiary/aromatic N) is 1. The van der Waals surface area contributed by atoms with Gasteiger partial charge in [0.25, 0.3) is 0 Å². The second kappa shape index (κ2) is 6.68. The zero-order valence-corrected chi connectivity index (χ0v) is 11.7. The van der Waals surface area contributed by atoms with Gasteiger partial charge >= 0.3 is 0 Å². The Balaban J connectivity index is 2.06. The topological polar surface area (TPSA) is 41.6 Å². The van der Waals surface area contributed by atoms with Crippen LogP contribution in [0.3, 0.4) is 0 Å². The SMILES string of the molecule is CCCNC1CCN(c2cccc(COC)c2)C1=O. The van der Waals surface area contributed by atoms with Crippen molar-refractivity contribution in [3.8, 4) is 0 Å². The minimum Gasteiger partial charge on any atom is -0.380 e. The van der Waals surface area contributed by atoms with Gasteiger partial charge in [-0.2, -0.15) is 0 Å². The highest BCUT2D eigenvalue weighted by molar-refractivity contribution is 5.99. The van der Waals surface area contributed by atoms with Gasteiger partial charge in [-0.1, -0.05) is 19.1 Å². The number of benzene rings is 1. The van der Waals surface area contributed by atoms with E-state index in [-0.39, 0.29) is 11.9 Å². The number of anilines is 1. The van der Waals surface area contributed by atoms with Crippen LogP contribution in [0.15, 0.2) is 24.3 Å². The van der Waals surface area contributed by atoms with Crippen LogP contribution in [0.25, 0.3) is 0 Å². The maximum atomic E-state index is 12.3. The summed E-state index contributed by atoms with van der Waals surface area (Å²) in [5.41, 5.74) is 2.07. The molecule has 4 nitrogen and oxygen atoms in total. The molecule has 104 valence electrons. The van der Waals surface area contributed by atoms with Gasteiger partial charge in [-0.3, -0.25) is 4.79 Å². The Morgan fingerprint density at radius 2 is 2.32 bits per heavy atom. The number of methoxy groups -OCH3 is 1. The zero-order chi connectivity index (χ0) is 13.7. The molecule has 0 bridgehead atoms. The van der Waals surface area contributed by atoms with Crippen molar-refractivity contribution in [1.29, 1.82) is 0 Å². The van der Waals surface area contributed by atoms with E-state index in [0.29, 0.717) is 6.61 Å². The average molecular weight is 262 g/mol. The summed E-state index contributed by atoms with van der Waals surface area (Å²) in [4.78, 5) is 14.2. The zero-order valence-electron chi connectivity index (χ0n) is 11.7. The third kappa shape index (κ3) is 3.33. The van der Waals surface area contributed by atoms with Gasteiger partial charge in [0.15, 0.2) is 0 Å². The second-order valence-corrected chi connectivity index (χ2v) is 4.89. The van der Waals surface area contributed by atoms with Gasteiger partial charge in [-0.25, -0.2) is 0 Å². The molecule has 0 aliphatic carbocycles. The van der Waals surface area contributed by atoms with Gasteiger partial charge in [0, 0.05) is 19.3 Å². The number of nitrogens with one attached hydrogen (secondary N) is 1. The third-order valence-electron chi connectivity index (χ3n) is 3.38. The van der Waals surface area contributed by atoms with Crippen LogP contribution >= 0.6 is 0 Å². The molecule has 19 heavy (non-hydrogen) atoms. The first-order chi connectivity index (χ1) is 9.26. The molecule has 1 amide bonds. The second-order valence-electron chi connectivity index (χ2n) is 4.89. The van der Waals surface area contributed by atoms with E-state index in [4.69, 9.17) is 4.74 Å². The van der Waals surface area contributed by atoms with Crippen molar-refractivity contribution in [1.82, 2.24) is 5.32 Å². The van der Waals surface area contributed by atoms with Crippen LogP contribution in [-0.2, 0) is 16.1 Å². The summed E-state index contributed by atoms with van der Waals surface area (Å²) in [6.07, 6.45) is 1.93. The molecule has 0 radical (unpaired) electrons. The summed E-state index contributed by atoms with van der Waals surface area (Å²) in [6, 6.07) is 7.98. The van der Waals surface area contributed by atoms with Crippen LogP contribution in [0, 0.1) is 0 Å². The molecule has 0 spiro atoms. The van der Waals surface area contributed by atoms with E-state index in [1.165, 1.54) is 0 Å². The number of ether oxygens (including phenoxy) is 1. The molecule has 1 aromatic rings. The molecule has 1 aromatic carbocycles. The maximum absolute atomic E-state index is 12.3. The quantitative estimate of drug-likeness (QED) is 0.852. The lowest BCUT2D eigenvalue weighted by molar-refractivity contribution is -0.118. The van der Waals surface area contributed by atoms with Crippen LogP contribution in [0.4, 0.5) is 5.69 Å². The highest BCUT2D eigenvalue weighted by atomic mass is 16.5. The van der Waals surface area contributed by atoms with E-state index in [2.05, 4.69) is 12.2 Å². The summed E-state index contributed by atoms with van der Waals surface area (Å²) >= 11 is 0. The van der Waals surface area contributed by atoms with Crippen molar-refractivity contribution in [2.24, 2.45) is 0 Å². The van der Waals surface area contributed by atoms with E-state index < -0.39 is 0 Å². The lowest BCUT2D eigenvalue weighted by Crippen LogP contribution is -2.38. The van der Waals surface area contributed by atoms with Crippen molar-refractivity contribution < 1.29 is 9.53 Å². The van der Waals surface area contributed by atoms with Gasteiger partial charge in [0.2, 0.25) is 5.91 Å². The van der Waals surface area contributed by atoms with Crippen molar-refractivity contribution >= 4 is 11.6 Å². The van der Waals surface area contributed by atoms with Crippen LogP contribution in [0.2, 0.25) is 0 Å². The first kappa shape index (κ1) is 14.0. The lowest BCUT2D eigenvalue weighted by atomic mass is 10.2. The number of carbonyl (C=O) groups is 1. The smallest absolute Gasteiger partial charge is 0.244 e. The van der Waals surface area contributed by atoms with Crippen LogP contribution < -0.4 is 10.2 Å². The van der Waals surface area contributed by atoms with Gasteiger partial charge in [0.05, 0.1) is 12.6 Å². The molecule has 0 aromatic heterocycles. The third-order valence-corrected chi connectivity index (χ3v) is 3.38. The Bertz CT molecular complexity index is 434. The van der Waals surface area contributed by atoms with Crippen molar-refractivity contribution in [3.05, 3.63) is 29.8 Å². The molecular weight excluding hydrogens is 240 g/mol. The molecule has 1 fully saturated rings. The monoisotopic (exact) mass is 262 g/mol. The summed E-state index contributed by atoms with van der Waals surface area (Å²) in [5.74, 6) is 0.183. The van der Waals surface area contributed by atoms with E-state index >= 15 is 0 Å². The summed E-state index contributed by atoms with van der Waals surface area (Å²) in [6.45, 7) is 4.37.